The van der Waals surface area contributed by atoms with Gasteiger partial charge in [-0.25, -0.2) is 12.8 Å². The molecule has 15 heavy (non-hydrogen) atoms. The van der Waals surface area contributed by atoms with Crippen LogP contribution in [0.15, 0.2) is 24.3 Å². The summed E-state index contributed by atoms with van der Waals surface area (Å²) in [4.78, 5) is 0. The minimum atomic E-state index is -3.07. The van der Waals surface area contributed by atoms with Gasteiger partial charge >= 0.3 is 0 Å². The smallest absolute Gasteiger partial charge is 0.147 e. The Bertz CT molecular complexity index is 411. The van der Waals surface area contributed by atoms with E-state index in [0.717, 1.165) is 6.26 Å². The van der Waals surface area contributed by atoms with Gasteiger partial charge in [-0.2, -0.15) is 0 Å². The van der Waals surface area contributed by atoms with Crippen molar-refractivity contribution in [1.82, 2.24) is 0 Å². The van der Waals surface area contributed by atoms with E-state index < -0.39 is 15.9 Å². The van der Waals surface area contributed by atoms with Crippen LogP contribution in [0.25, 0.3) is 0 Å². The summed E-state index contributed by atoms with van der Waals surface area (Å²) in [6.45, 7) is 0. The number of hydrogen-bond donors (Lipinski definition) is 1. The van der Waals surface area contributed by atoms with Gasteiger partial charge in [-0.15, -0.1) is 0 Å². The van der Waals surface area contributed by atoms with Crippen LogP contribution in [0.1, 0.15) is 18.1 Å². The molecule has 0 bridgehead atoms. The highest BCUT2D eigenvalue weighted by molar-refractivity contribution is 7.90. The summed E-state index contributed by atoms with van der Waals surface area (Å²) in [6.07, 6.45) is 0.384. The van der Waals surface area contributed by atoms with E-state index in [-0.39, 0.29) is 18.0 Å². The highest BCUT2D eigenvalue weighted by atomic mass is 32.2. The third-order valence-electron chi connectivity index (χ3n) is 2.02. The lowest BCUT2D eigenvalue weighted by molar-refractivity contribution is 0.174. The largest absolute Gasteiger partial charge is 0.388 e. The van der Waals surface area contributed by atoms with E-state index in [9.17, 15) is 17.9 Å². The average Bonchev–Trinajstić information content (AvgIpc) is 2.14. The van der Waals surface area contributed by atoms with Crippen molar-refractivity contribution in [2.45, 2.75) is 12.5 Å². The van der Waals surface area contributed by atoms with Gasteiger partial charge in [0.25, 0.3) is 0 Å². The molecule has 0 heterocycles. The summed E-state index contributed by atoms with van der Waals surface area (Å²) in [5.41, 5.74) is 0.528. The number of hydrogen-bond acceptors (Lipinski definition) is 3. The quantitative estimate of drug-likeness (QED) is 0.851. The molecule has 0 saturated carbocycles. The molecule has 84 valence electrons. The first-order valence-corrected chi connectivity index (χ1v) is 6.56. The first kappa shape index (κ1) is 12.1. The van der Waals surface area contributed by atoms with Crippen LogP contribution in [0.2, 0.25) is 0 Å². The molecule has 5 heteroatoms. The maximum Gasteiger partial charge on any atom is 0.147 e. The van der Waals surface area contributed by atoms with Gasteiger partial charge < -0.3 is 5.11 Å². The van der Waals surface area contributed by atoms with E-state index in [2.05, 4.69) is 0 Å². The molecule has 1 unspecified atom stereocenters. The molecule has 0 amide bonds. The Hall–Kier alpha value is -0.940. The van der Waals surface area contributed by atoms with Crippen LogP contribution >= 0.6 is 0 Å². The number of halogens is 1. The van der Waals surface area contributed by atoms with Crippen LogP contribution in [0.3, 0.4) is 0 Å². The highest BCUT2D eigenvalue weighted by Crippen LogP contribution is 2.17. The van der Waals surface area contributed by atoms with Crippen molar-refractivity contribution >= 4 is 9.84 Å². The van der Waals surface area contributed by atoms with Gasteiger partial charge in [-0.05, 0) is 24.1 Å². The predicted molar refractivity (Wildman–Crippen MR) is 55.7 cm³/mol. The molecule has 0 aliphatic rings. The minimum Gasteiger partial charge on any atom is -0.388 e. The Labute approximate surface area is 88.5 Å². The van der Waals surface area contributed by atoms with Gasteiger partial charge in [0.1, 0.15) is 15.7 Å². The first-order valence-electron chi connectivity index (χ1n) is 4.50. The fraction of sp³-hybridized carbons (Fsp3) is 0.400. The molecule has 0 saturated heterocycles. The normalized spacial score (nSPS) is 13.8. The average molecular weight is 232 g/mol. The van der Waals surface area contributed by atoms with Crippen molar-refractivity contribution in [3.63, 3.8) is 0 Å². The third-order valence-corrected chi connectivity index (χ3v) is 2.99. The predicted octanol–water partition coefficient (Wildman–Crippen LogP) is 1.29. The van der Waals surface area contributed by atoms with Gasteiger partial charge in [0, 0.05) is 6.26 Å². The standard InChI is InChI=1S/C10H13FO3S/c1-15(13,14)7-6-10(12)8-2-4-9(11)5-3-8/h2-5,10,12H,6-7H2,1H3. The SMILES string of the molecule is CS(=O)(=O)CCC(O)c1ccc(F)cc1. The van der Waals surface area contributed by atoms with E-state index >= 15 is 0 Å². The zero-order chi connectivity index (χ0) is 11.5. The lowest BCUT2D eigenvalue weighted by Crippen LogP contribution is -2.08. The van der Waals surface area contributed by atoms with Gasteiger partial charge in [0.15, 0.2) is 0 Å². The maximum absolute atomic E-state index is 12.5. The van der Waals surface area contributed by atoms with E-state index in [4.69, 9.17) is 0 Å². The number of sulfone groups is 1. The number of aliphatic hydroxyl groups is 1. The first-order chi connectivity index (χ1) is 6.88. The van der Waals surface area contributed by atoms with Crippen LogP contribution in [0.4, 0.5) is 4.39 Å². The Balaban J connectivity index is 2.61. The molecule has 0 spiro atoms. The van der Waals surface area contributed by atoms with Crippen molar-refractivity contribution in [3.05, 3.63) is 35.6 Å². The van der Waals surface area contributed by atoms with Crippen molar-refractivity contribution in [1.29, 1.82) is 0 Å². The Morgan fingerprint density at radius 3 is 2.33 bits per heavy atom. The lowest BCUT2D eigenvalue weighted by atomic mass is 10.1. The lowest BCUT2D eigenvalue weighted by Gasteiger charge is -2.09. The molecule has 0 aromatic heterocycles. The van der Waals surface area contributed by atoms with Gasteiger partial charge in [0.05, 0.1) is 11.9 Å². The molecular formula is C10H13FO3S. The summed E-state index contributed by atoms with van der Waals surface area (Å²) >= 11 is 0. The Morgan fingerprint density at radius 1 is 1.33 bits per heavy atom. The topological polar surface area (TPSA) is 54.4 Å². The number of aliphatic hydroxyl groups excluding tert-OH is 1. The molecule has 1 N–H and O–H groups in total. The second-order valence-electron chi connectivity index (χ2n) is 3.49. The molecule has 0 aliphatic carbocycles. The second kappa shape index (κ2) is 4.72. The summed E-state index contributed by atoms with van der Waals surface area (Å²) in [5.74, 6) is -0.458. The number of benzene rings is 1. The van der Waals surface area contributed by atoms with Crippen molar-refractivity contribution in [2.24, 2.45) is 0 Å². The van der Waals surface area contributed by atoms with Gasteiger partial charge in [-0.3, -0.25) is 0 Å². The summed E-state index contributed by atoms with van der Waals surface area (Å²) in [5, 5.41) is 9.59. The molecule has 1 rings (SSSR count). The Morgan fingerprint density at radius 2 is 1.87 bits per heavy atom. The van der Waals surface area contributed by atoms with E-state index in [1.54, 1.807) is 0 Å². The molecule has 1 aromatic rings. The van der Waals surface area contributed by atoms with Crippen LogP contribution in [-0.4, -0.2) is 25.5 Å². The Kier molecular flexibility index (Phi) is 3.82. The summed E-state index contributed by atoms with van der Waals surface area (Å²) in [6, 6.07) is 5.36. The fourth-order valence-electron chi connectivity index (χ4n) is 1.18. The zero-order valence-corrected chi connectivity index (χ0v) is 9.17. The molecule has 1 atom stereocenters. The van der Waals surface area contributed by atoms with E-state index in [0.29, 0.717) is 5.56 Å². The van der Waals surface area contributed by atoms with Crippen LogP contribution < -0.4 is 0 Å². The van der Waals surface area contributed by atoms with Gasteiger partial charge in [-0.1, -0.05) is 12.1 Å². The maximum atomic E-state index is 12.5. The summed E-state index contributed by atoms with van der Waals surface area (Å²) in [7, 11) is -3.07. The molecule has 0 aliphatic heterocycles. The molecule has 0 radical (unpaired) electrons. The van der Waals surface area contributed by atoms with Crippen molar-refractivity contribution in [3.8, 4) is 0 Å². The third kappa shape index (κ3) is 4.40. The number of rotatable bonds is 4. The molecule has 3 nitrogen and oxygen atoms in total. The molecule has 1 aromatic carbocycles. The monoisotopic (exact) mass is 232 g/mol. The highest BCUT2D eigenvalue weighted by Gasteiger charge is 2.11. The fourth-order valence-corrected chi connectivity index (χ4v) is 1.83. The van der Waals surface area contributed by atoms with Crippen LogP contribution in [0.5, 0.6) is 0 Å². The second-order valence-corrected chi connectivity index (χ2v) is 5.75. The van der Waals surface area contributed by atoms with E-state index in [1.807, 2.05) is 0 Å². The molecule has 0 fully saturated rings. The summed E-state index contributed by atoms with van der Waals surface area (Å²) < 4.78 is 34.2. The molecular weight excluding hydrogens is 219 g/mol. The van der Waals surface area contributed by atoms with Crippen molar-refractivity contribution < 1.29 is 17.9 Å². The van der Waals surface area contributed by atoms with Crippen LogP contribution in [0, 0.1) is 5.82 Å². The zero-order valence-electron chi connectivity index (χ0n) is 8.35. The van der Waals surface area contributed by atoms with Crippen LogP contribution in [-0.2, 0) is 9.84 Å². The van der Waals surface area contributed by atoms with Crippen molar-refractivity contribution in [2.75, 3.05) is 12.0 Å². The van der Waals surface area contributed by atoms with Gasteiger partial charge in [0.2, 0.25) is 0 Å². The van der Waals surface area contributed by atoms with E-state index in [1.165, 1.54) is 24.3 Å². The minimum absolute atomic E-state index is 0.0778.